The quantitative estimate of drug-likeness (QED) is 0.865. The lowest BCUT2D eigenvalue weighted by molar-refractivity contribution is -0.138. The molecule has 15 heavy (non-hydrogen) atoms. The predicted molar refractivity (Wildman–Crippen MR) is 64.1 cm³/mol. The number of anilines is 1. The Bertz CT molecular complexity index is 324. The van der Waals surface area contributed by atoms with Crippen LogP contribution in [-0.4, -0.2) is 17.1 Å². The molecule has 1 rings (SSSR count). The number of nitrogens with one attached hydrogen (secondary N) is 1. The van der Waals surface area contributed by atoms with Crippen molar-refractivity contribution in [2.45, 2.75) is 25.8 Å². The number of hydrogen-bond acceptors (Lipinski definition) is 2. The van der Waals surface area contributed by atoms with Crippen LogP contribution in [0.25, 0.3) is 0 Å². The first-order valence-electron chi connectivity index (χ1n) is 4.88. The van der Waals surface area contributed by atoms with Gasteiger partial charge in [-0.05, 0) is 30.7 Å². The summed E-state index contributed by atoms with van der Waals surface area (Å²) in [5.41, 5.74) is 0.832. The van der Waals surface area contributed by atoms with Gasteiger partial charge >= 0.3 is 5.97 Å². The van der Waals surface area contributed by atoms with Crippen LogP contribution in [-0.2, 0) is 4.79 Å². The number of aliphatic carboxylic acids is 1. The SMILES string of the molecule is CCC[C@H](Nc1ccc(Br)cc1)C(=O)O. The maximum atomic E-state index is 10.9. The zero-order valence-corrected chi connectivity index (χ0v) is 10.1. The molecule has 3 nitrogen and oxygen atoms in total. The first-order valence-corrected chi connectivity index (χ1v) is 5.67. The van der Waals surface area contributed by atoms with E-state index in [9.17, 15) is 4.79 Å². The van der Waals surface area contributed by atoms with Crippen LogP contribution in [0.1, 0.15) is 19.8 Å². The fraction of sp³-hybridized carbons (Fsp3) is 0.364. The zero-order chi connectivity index (χ0) is 11.3. The summed E-state index contributed by atoms with van der Waals surface area (Å²) >= 11 is 3.33. The Morgan fingerprint density at radius 2 is 2.07 bits per heavy atom. The van der Waals surface area contributed by atoms with E-state index in [1.54, 1.807) is 0 Å². The van der Waals surface area contributed by atoms with Crippen molar-refractivity contribution in [1.82, 2.24) is 0 Å². The Hall–Kier alpha value is -1.03. The topological polar surface area (TPSA) is 49.3 Å². The van der Waals surface area contributed by atoms with Gasteiger partial charge in [-0.15, -0.1) is 0 Å². The van der Waals surface area contributed by atoms with Crippen LogP contribution >= 0.6 is 15.9 Å². The molecule has 0 amide bonds. The maximum Gasteiger partial charge on any atom is 0.326 e. The Balaban J connectivity index is 2.65. The lowest BCUT2D eigenvalue weighted by Gasteiger charge is -2.14. The van der Waals surface area contributed by atoms with E-state index < -0.39 is 12.0 Å². The van der Waals surface area contributed by atoms with Crippen LogP contribution in [0, 0.1) is 0 Å². The minimum absolute atomic E-state index is 0.504. The highest BCUT2D eigenvalue weighted by atomic mass is 79.9. The molecule has 0 aliphatic rings. The smallest absolute Gasteiger partial charge is 0.326 e. The van der Waals surface area contributed by atoms with E-state index >= 15 is 0 Å². The number of halogens is 1. The van der Waals surface area contributed by atoms with Crippen LogP contribution < -0.4 is 5.32 Å². The molecule has 82 valence electrons. The van der Waals surface area contributed by atoms with Gasteiger partial charge in [-0.2, -0.15) is 0 Å². The molecule has 0 saturated heterocycles. The van der Waals surface area contributed by atoms with Crippen LogP contribution in [0.3, 0.4) is 0 Å². The molecule has 0 aliphatic heterocycles. The van der Waals surface area contributed by atoms with Crippen molar-refractivity contribution in [3.05, 3.63) is 28.7 Å². The predicted octanol–water partition coefficient (Wildman–Crippen LogP) is 3.11. The number of carboxylic acids is 1. The standard InChI is InChI=1S/C11H14BrNO2/c1-2-3-10(11(14)15)13-9-6-4-8(12)5-7-9/h4-7,10,13H,2-3H2,1H3,(H,14,15)/t10-/m0/s1. The number of hydrogen-bond donors (Lipinski definition) is 2. The van der Waals surface area contributed by atoms with E-state index in [1.807, 2.05) is 31.2 Å². The third kappa shape index (κ3) is 3.91. The normalized spacial score (nSPS) is 12.1. The van der Waals surface area contributed by atoms with Gasteiger partial charge in [-0.3, -0.25) is 0 Å². The van der Waals surface area contributed by atoms with Crippen LogP contribution in [0.15, 0.2) is 28.7 Å². The van der Waals surface area contributed by atoms with Gasteiger partial charge in [-0.25, -0.2) is 4.79 Å². The lowest BCUT2D eigenvalue weighted by atomic mass is 10.1. The van der Waals surface area contributed by atoms with Crippen molar-refractivity contribution in [2.75, 3.05) is 5.32 Å². The summed E-state index contributed by atoms with van der Waals surface area (Å²) in [6.07, 6.45) is 1.48. The van der Waals surface area contributed by atoms with Crippen molar-refractivity contribution >= 4 is 27.6 Å². The highest BCUT2D eigenvalue weighted by molar-refractivity contribution is 9.10. The highest BCUT2D eigenvalue weighted by Crippen LogP contribution is 2.16. The van der Waals surface area contributed by atoms with Gasteiger partial charge in [-0.1, -0.05) is 29.3 Å². The Morgan fingerprint density at radius 3 is 2.53 bits per heavy atom. The first-order chi connectivity index (χ1) is 7.13. The van der Waals surface area contributed by atoms with Crippen molar-refractivity contribution in [3.63, 3.8) is 0 Å². The maximum absolute atomic E-state index is 10.9. The molecule has 0 fully saturated rings. The minimum atomic E-state index is -0.806. The summed E-state index contributed by atoms with van der Waals surface area (Å²) in [5.74, 6) is -0.806. The summed E-state index contributed by atoms with van der Waals surface area (Å²) < 4.78 is 0.982. The average molecular weight is 272 g/mol. The Morgan fingerprint density at radius 1 is 1.47 bits per heavy atom. The molecule has 0 aliphatic carbocycles. The second kappa shape index (κ2) is 5.75. The number of carboxylic acid groups (broad SMARTS) is 1. The highest BCUT2D eigenvalue weighted by Gasteiger charge is 2.15. The van der Waals surface area contributed by atoms with Crippen LogP contribution in [0.5, 0.6) is 0 Å². The molecule has 0 heterocycles. The van der Waals surface area contributed by atoms with Gasteiger partial charge in [0.15, 0.2) is 0 Å². The minimum Gasteiger partial charge on any atom is -0.480 e. The molecule has 0 saturated carbocycles. The zero-order valence-electron chi connectivity index (χ0n) is 8.53. The van der Waals surface area contributed by atoms with Crippen molar-refractivity contribution in [1.29, 1.82) is 0 Å². The fourth-order valence-corrected chi connectivity index (χ4v) is 1.56. The average Bonchev–Trinajstić information content (AvgIpc) is 2.20. The first kappa shape index (κ1) is 12.0. The van der Waals surface area contributed by atoms with Gasteiger partial charge in [0.2, 0.25) is 0 Å². The molecule has 1 aromatic rings. The molecule has 2 N–H and O–H groups in total. The van der Waals surface area contributed by atoms with Crippen LogP contribution in [0.4, 0.5) is 5.69 Å². The summed E-state index contributed by atoms with van der Waals surface area (Å²) in [6.45, 7) is 1.97. The largest absolute Gasteiger partial charge is 0.480 e. The van der Waals surface area contributed by atoms with Crippen LogP contribution in [0.2, 0.25) is 0 Å². The van der Waals surface area contributed by atoms with E-state index in [4.69, 9.17) is 5.11 Å². The molecule has 0 bridgehead atoms. The van der Waals surface area contributed by atoms with Gasteiger partial charge in [0.25, 0.3) is 0 Å². The second-order valence-corrected chi connectivity index (χ2v) is 4.25. The van der Waals surface area contributed by atoms with Crippen molar-refractivity contribution in [3.8, 4) is 0 Å². The Labute approximate surface area is 97.6 Å². The van der Waals surface area contributed by atoms with E-state index in [1.165, 1.54) is 0 Å². The summed E-state index contributed by atoms with van der Waals surface area (Å²) in [4.78, 5) is 10.9. The van der Waals surface area contributed by atoms with Gasteiger partial charge in [0.1, 0.15) is 6.04 Å². The van der Waals surface area contributed by atoms with E-state index in [0.717, 1.165) is 16.6 Å². The summed E-state index contributed by atoms with van der Waals surface area (Å²) in [5, 5.41) is 11.9. The molecule has 1 atom stereocenters. The summed E-state index contributed by atoms with van der Waals surface area (Å²) in [7, 11) is 0. The molecule has 0 spiro atoms. The van der Waals surface area contributed by atoms with Gasteiger partial charge in [0, 0.05) is 10.2 Å². The van der Waals surface area contributed by atoms with Crippen molar-refractivity contribution < 1.29 is 9.90 Å². The molecule has 0 radical (unpaired) electrons. The Kier molecular flexibility index (Phi) is 4.62. The van der Waals surface area contributed by atoms with E-state index in [2.05, 4.69) is 21.2 Å². The number of benzene rings is 1. The third-order valence-corrected chi connectivity index (χ3v) is 2.59. The molecular formula is C11H14BrNO2. The van der Waals surface area contributed by atoms with Gasteiger partial charge < -0.3 is 10.4 Å². The third-order valence-electron chi connectivity index (χ3n) is 2.06. The molecule has 4 heteroatoms. The van der Waals surface area contributed by atoms with E-state index in [-0.39, 0.29) is 0 Å². The van der Waals surface area contributed by atoms with Gasteiger partial charge in [0.05, 0.1) is 0 Å². The monoisotopic (exact) mass is 271 g/mol. The molecule has 1 aromatic carbocycles. The van der Waals surface area contributed by atoms with E-state index in [0.29, 0.717) is 6.42 Å². The molecule has 0 aromatic heterocycles. The number of rotatable bonds is 5. The molecule has 0 unspecified atom stereocenters. The second-order valence-electron chi connectivity index (χ2n) is 3.33. The number of carbonyl (C=O) groups is 1. The summed E-state index contributed by atoms with van der Waals surface area (Å²) in [6, 6.07) is 6.97. The van der Waals surface area contributed by atoms with Crippen molar-refractivity contribution in [2.24, 2.45) is 0 Å². The lowest BCUT2D eigenvalue weighted by Crippen LogP contribution is -2.28. The fourth-order valence-electron chi connectivity index (χ4n) is 1.29. The molecular weight excluding hydrogens is 258 g/mol.